The van der Waals surface area contributed by atoms with Crippen molar-refractivity contribution in [1.82, 2.24) is 0 Å². The van der Waals surface area contributed by atoms with Gasteiger partial charge in [-0.15, -0.1) is 0 Å². The van der Waals surface area contributed by atoms with E-state index in [-0.39, 0.29) is 40.9 Å². The first-order chi connectivity index (χ1) is 21.9. The van der Waals surface area contributed by atoms with Crippen molar-refractivity contribution in [2.45, 2.75) is 74.7 Å². The molecule has 0 amide bonds. The van der Waals surface area contributed by atoms with E-state index in [1.54, 1.807) is 45.0 Å². The van der Waals surface area contributed by atoms with E-state index < -0.39 is 41.7 Å². The molecule has 0 saturated heterocycles. The number of hydrogen-bond donors (Lipinski definition) is 0. The highest BCUT2D eigenvalue weighted by molar-refractivity contribution is 5.76. The number of aryl methyl sites for hydroxylation is 2. The summed E-state index contributed by atoms with van der Waals surface area (Å²) in [6.45, 7) is 12.6. The van der Waals surface area contributed by atoms with E-state index in [0.29, 0.717) is 33.4 Å². The molecule has 0 heterocycles. The third-order valence-electron chi connectivity index (χ3n) is 6.78. The average Bonchev–Trinajstić information content (AvgIpc) is 2.90. The Morgan fingerprint density at radius 3 is 1.43 bits per heavy atom. The Morgan fingerprint density at radius 1 is 0.489 bits per heavy atom. The van der Waals surface area contributed by atoms with Gasteiger partial charge < -0.3 is 28.4 Å². The largest absolute Gasteiger partial charge is 0.427 e. The zero-order valence-corrected chi connectivity index (χ0v) is 27.6. The van der Waals surface area contributed by atoms with Gasteiger partial charge in [0.2, 0.25) is 0 Å². The van der Waals surface area contributed by atoms with Crippen LogP contribution in [0.2, 0.25) is 0 Å². The van der Waals surface area contributed by atoms with Crippen LogP contribution in [0.15, 0.2) is 36.4 Å². The number of hydrogen-bond acceptors (Lipinski definition) is 12. The second-order valence-corrected chi connectivity index (χ2v) is 10.8. The summed E-state index contributed by atoms with van der Waals surface area (Å²) in [5.74, 6) is -3.96. The van der Waals surface area contributed by atoms with Crippen molar-refractivity contribution < 1.29 is 57.2 Å². The lowest BCUT2D eigenvalue weighted by Crippen LogP contribution is -2.16. The molecule has 3 rings (SSSR count). The summed E-state index contributed by atoms with van der Waals surface area (Å²) in [5.41, 5.74) is 3.36. The van der Waals surface area contributed by atoms with E-state index in [9.17, 15) is 28.8 Å². The van der Waals surface area contributed by atoms with Gasteiger partial charge in [0.1, 0.15) is 23.0 Å². The summed E-state index contributed by atoms with van der Waals surface area (Å²) in [7, 11) is 0. The minimum absolute atomic E-state index is 0.000162. The molecule has 1 atom stereocenters. The molecule has 0 spiro atoms. The van der Waals surface area contributed by atoms with Crippen LogP contribution in [0.5, 0.6) is 34.5 Å². The van der Waals surface area contributed by atoms with Crippen molar-refractivity contribution in [1.29, 1.82) is 0 Å². The fourth-order valence-electron chi connectivity index (χ4n) is 5.16. The molecule has 0 radical (unpaired) electrons. The van der Waals surface area contributed by atoms with Crippen molar-refractivity contribution in [3.63, 3.8) is 0 Å². The van der Waals surface area contributed by atoms with Crippen molar-refractivity contribution >= 4 is 35.8 Å². The molecule has 0 aromatic heterocycles. The molecule has 1 unspecified atom stereocenters. The molecule has 3 aromatic rings. The summed E-state index contributed by atoms with van der Waals surface area (Å²) in [5, 5.41) is 0. The highest BCUT2D eigenvalue weighted by atomic mass is 16.6. The Hall–Kier alpha value is -5.52. The maximum atomic E-state index is 12.3. The zero-order valence-electron chi connectivity index (χ0n) is 27.6. The van der Waals surface area contributed by atoms with Gasteiger partial charge in [-0.2, -0.15) is 0 Å². The van der Waals surface area contributed by atoms with Crippen molar-refractivity contribution in [3.8, 4) is 34.5 Å². The highest BCUT2D eigenvalue weighted by Crippen LogP contribution is 2.45. The maximum absolute atomic E-state index is 12.3. The second kappa shape index (κ2) is 15.2. The monoisotopic (exact) mass is 648 g/mol. The van der Waals surface area contributed by atoms with E-state index in [2.05, 4.69) is 0 Å². The fourth-order valence-corrected chi connectivity index (χ4v) is 5.16. The quantitative estimate of drug-likeness (QED) is 0.200. The van der Waals surface area contributed by atoms with Crippen molar-refractivity contribution in [3.05, 3.63) is 69.8 Å². The zero-order chi connectivity index (χ0) is 35.2. The van der Waals surface area contributed by atoms with Gasteiger partial charge >= 0.3 is 35.8 Å². The van der Waals surface area contributed by atoms with Crippen LogP contribution in [0.25, 0.3) is 0 Å². The molecule has 0 aliphatic rings. The third-order valence-corrected chi connectivity index (χ3v) is 6.78. The Morgan fingerprint density at radius 2 is 0.915 bits per heavy atom. The van der Waals surface area contributed by atoms with Crippen LogP contribution in [0, 0.1) is 20.8 Å². The van der Waals surface area contributed by atoms with Crippen molar-refractivity contribution in [2.24, 2.45) is 0 Å². The molecule has 12 heteroatoms. The van der Waals surface area contributed by atoms with Crippen molar-refractivity contribution in [2.75, 3.05) is 0 Å². The third kappa shape index (κ3) is 9.73. The van der Waals surface area contributed by atoms with Crippen LogP contribution in [-0.2, 0) is 35.2 Å². The molecule has 0 aliphatic heterocycles. The van der Waals surface area contributed by atoms with Crippen LogP contribution < -0.4 is 28.4 Å². The Bertz CT molecular complexity index is 1770. The maximum Gasteiger partial charge on any atom is 0.308 e. The minimum atomic E-state index is -0.719. The molecule has 248 valence electrons. The molecular weight excluding hydrogens is 612 g/mol. The molecule has 47 heavy (non-hydrogen) atoms. The fraction of sp³-hybridized carbons (Fsp3) is 0.314. The van der Waals surface area contributed by atoms with Crippen LogP contribution in [0.4, 0.5) is 0 Å². The first-order valence-corrected chi connectivity index (χ1v) is 14.5. The first kappa shape index (κ1) is 36.0. The first-order valence-electron chi connectivity index (χ1n) is 14.5. The van der Waals surface area contributed by atoms with Gasteiger partial charge in [0.15, 0.2) is 11.5 Å². The molecule has 0 aliphatic carbocycles. The van der Waals surface area contributed by atoms with Gasteiger partial charge in [-0.1, -0.05) is 0 Å². The Kier molecular flexibility index (Phi) is 11.6. The SMILES string of the molecule is CC(=O)Oc1cc(C)c(C(Cc2cc(OC(C)=O)c(OC(C)=O)cc2C)c2cc(OC(C)=O)cc(OC(C)=O)c2C)c(OC(C)=O)c1. The normalized spacial score (nSPS) is 11.2. The van der Waals surface area contributed by atoms with Gasteiger partial charge in [0, 0.05) is 65.2 Å². The number of ether oxygens (including phenoxy) is 6. The number of carbonyl (C=O) groups excluding carboxylic acids is 6. The predicted molar refractivity (Wildman–Crippen MR) is 167 cm³/mol. The summed E-state index contributed by atoms with van der Waals surface area (Å²) in [6, 6.07) is 9.17. The number of benzene rings is 3. The Labute approximate surface area is 271 Å². The number of esters is 6. The van der Waals surface area contributed by atoms with Gasteiger partial charge in [0.05, 0.1) is 0 Å². The topological polar surface area (TPSA) is 158 Å². The van der Waals surface area contributed by atoms with Gasteiger partial charge in [0.25, 0.3) is 0 Å². The number of rotatable bonds is 10. The van der Waals surface area contributed by atoms with Crippen LogP contribution in [0.3, 0.4) is 0 Å². The van der Waals surface area contributed by atoms with E-state index in [1.807, 2.05) is 0 Å². The summed E-state index contributed by atoms with van der Waals surface area (Å²) in [6.07, 6.45) is 0.145. The van der Waals surface area contributed by atoms with E-state index in [1.165, 1.54) is 53.7 Å². The molecule has 12 nitrogen and oxygen atoms in total. The average molecular weight is 649 g/mol. The van der Waals surface area contributed by atoms with Crippen LogP contribution in [-0.4, -0.2) is 35.8 Å². The lowest BCUT2D eigenvalue weighted by molar-refractivity contribution is -0.134. The molecule has 0 saturated carbocycles. The summed E-state index contributed by atoms with van der Waals surface area (Å²) >= 11 is 0. The predicted octanol–water partition coefficient (Wildman–Crippen LogP) is 5.54. The smallest absolute Gasteiger partial charge is 0.308 e. The highest BCUT2D eigenvalue weighted by Gasteiger charge is 2.29. The van der Waals surface area contributed by atoms with Gasteiger partial charge in [-0.3, -0.25) is 28.8 Å². The molecular formula is C35H36O12. The van der Waals surface area contributed by atoms with Gasteiger partial charge in [-0.25, -0.2) is 0 Å². The lowest BCUT2D eigenvalue weighted by Gasteiger charge is -2.27. The summed E-state index contributed by atoms with van der Waals surface area (Å²) < 4.78 is 32.6. The Balaban J connectivity index is 2.43. The number of carbonyl (C=O) groups is 6. The van der Waals surface area contributed by atoms with Crippen LogP contribution >= 0.6 is 0 Å². The van der Waals surface area contributed by atoms with E-state index in [4.69, 9.17) is 28.4 Å². The summed E-state index contributed by atoms with van der Waals surface area (Å²) in [4.78, 5) is 72.0. The van der Waals surface area contributed by atoms with Gasteiger partial charge in [-0.05, 0) is 79.3 Å². The minimum Gasteiger partial charge on any atom is -0.427 e. The van der Waals surface area contributed by atoms with E-state index >= 15 is 0 Å². The van der Waals surface area contributed by atoms with Crippen LogP contribution in [0.1, 0.15) is 80.8 Å². The molecule has 3 aromatic carbocycles. The molecule has 0 fully saturated rings. The second-order valence-electron chi connectivity index (χ2n) is 10.8. The molecule has 0 bridgehead atoms. The standard InChI is InChI=1S/C35H36O12/c1-17-11-32(45-23(7)39)33(46-24(8)40)13-26(17)12-30(29-14-28(43-21(5)37)15-31(19(29)3)44-22(6)38)35-18(2)10-27(42-20(4)36)16-34(35)47-25(9)41/h10-11,13-16,30H,12H2,1-9H3. The molecule has 0 N–H and O–H groups in total. The lowest BCUT2D eigenvalue weighted by atomic mass is 9.80. The van der Waals surface area contributed by atoms with E-state index in [0.717, 1.165) is 0 Å².